The van der Waals surface area contributed by atoms with Crippen molar-refractivity contribution in [2.75, 3.05) is 19.0 Å². The molecule has 1 heterocycles. The van der Waals surface area contributed by atoms with Crippen LogP contribution in [-0.2, 0) is 16.2 Å². The fourth-order valence-electron chi connectivity index (χ4n) is 3.35. The summed E-state index contributed by atoms with van der Waals surface area (Å²) in [5.74, 6) is -0.182. The van der Waals surface area contributed by atoms with Crippen LogP contribution < -0.4 is 14.8 Å². The monoisotopic (exact) mass is 542 g/mol. The van der Waals surface area contributed by atoms with Crippen LogP contribution in [0.15, 0.2) is 71.6 Å². The first-order valence-electron chi connectivity index (χ1n) is 10.7. The SMILES string of the molecule is COc1cccc(/C=C2/SC(=O)N(CC(=O)Nc3ccc(Cl)cc3)C2=O)c1OCc1ccc(Cl)cc1. The third-order valence-electron chi connectivity index (χ3n) is 5.12. The van der Waals surface area contributed by atoms with E-state index in [2.05, 4.69) is 5.32 Å². The molecule has 0 aromatic heterocycles. The molecule has 0 aliphatic carbocycles. The molecule has 0 radical (unpaired) electrons. The number of hydrogen-bond donors (Lipinski definition) is 1. The van der Waals surface area contributed by atoms with Gasteiger partial charge >= 0.3 is 0 Å². The van der Waals surface area contributed by atoms with E-state index in [4.69, 9.17) is 32.7 Å². The largest absolute Gasteiger partial charge is 0.493 e. The molecule has 1 saturated heterocycles. The van der Waals surface area contributed by atoms with Gasteiger partial charge in [0.2, 0.25) is 5.91 Å². The molecule has 3 aromatic rings. The molecule has 1 N–H and O–H groups in total. The number of carbonyl (C=O) groups excluding carboxylic acids is 3. The molecule has 0 spiro atoms. The highest BCUT2D eigenvalue weighted by atomic mass is 35.5. The maximum Gasteiger partial charge on any atom is 0.294 e. The van der Waals surface area contributed by atoms with Crippen LogP contribution >= 0.6 is 35.0 Å². The van der Waals surface area contributed by atoms with Gasteiger partial charge in [0.15, 0.2) is 11.5 Å². The molecule has 3 amide bonds. The summed E-state index contributed by atoms with van der Waals surface area (Å²) in [5.41, 5.74) is 1.95. The Kier molecular flexibility index (Phi) is 8.20. The molecule has 0 saturated carbocycles. The maximum atomic E-state index is 13.0. The lowest BCUT2D eigenvalue weighted by atomic mass is 10.1. The summed E-state index contributed by atoms with van der Waals surface area (Å²) < 4.78 is 11.5. The zero-order valence-corrected chi connectivity index (χ0v) is 21.3. The third kappa shape index (κ3) is 6.20. The van der Waals surface area contributed by atoms with Crippen LogP contribution in [0.4, 0.5) is 10.5 Å². The molecule has 4 rings (SSSR count). The minimum atomic E-state index is -0.567. The lowest BCUT2D eigenvalue weighted by Gasteiger charge is -2.14. The zero-order valence-electron chi connectivity index (χ0n) is 19.0. The number of nitrogens with one attached hydrogen (secondary N) is 1. The molecular formula is C26H20Cl2N2O5S. The predicted octanol–water partition coefficient (Wildman–Crippen LogP) is 6.26. The molecule has 3 aromatic carbocycles. The number of rotatable bonds is 8. The first-order chi connectivity index (χ1) is 17.3. The lowest BCUT2D eigenvalue weighted by molar-refractivity contribution is -0.127. The van der Waals surface area contributed by atoms with Crippen LogP contribution in [0.2, 0.25) is 10.0 Å². The van der Waals surface area contributed by atoms with E-state index in [1.54, 1.807) is 60.7 Å². The van der Waals surface area contributed by atoms with Crippen molar-refractivity contribution in [2.45, 2.75) is 6.61 Å². The quantitative estimate of drug-likeness (QED) is 0.338. The van der Waals surface area contributed by atoms with Gasteiger partial charge in [-0.05, 0) is 65.9 Å². The molecule has 0 atom stereocenters. The van der Waals surface area contributed by atoms with Crippen LogP contribution in [0.1, 0.15) is 11.1 Å². The average molecular weight is 543 g/mol. The van der Waals surface area contributed by atoms with Gasteiger partial charge in [-0.2, -0.15) is 0 Å². The van der Waals surface area contributed by atoms with Crippen LogP contribution in [0, 0.1) is 0 Å². The van der Waals surface area contributed by atoms with Crippen molar-refractivity contribution in [1.29, 1.82) is 0 Å². The second-order valence-electron chi connectivity index (χ2n) is 7.62. The summed E-state index contributed by atoms with van der Waals surface area (Å²) in [6.45, 7) is -0.173. The number of hydrogen-bond acceptors (Lipinski definition) is 6. The summed E-state index contributed by atoms with van der Waals surface area (Å²) in [5, 5.41) is 3.25. The smallest absolute Gasteiger partial charge is 0.294 e. The first-order valence-corrected chi connectivity index (χ1v) is 12.3. The summed E-state index contributed by atoms with van der Waals surface area (Å²) in [6.07, 6.45) is 1.56. The first kappa shape index (κ1) is 25.6. The molecule has 1 fully saturated rings. The van der Waals surface area contributed by atoms with Crippen molar-refractivity contribution in [1.82, 2.24) is 4.90 Å². The van der Waals surface area contributed by atoms with E-state index in [9.17, 15) is 14.4 Å². The average Bonchev–Trinajstić information content (AvgIpc) is 3.12. The van der Waals surface area contributed by atoms with Gasteiger partial charge in [-0.15, -0.1) is 0 Å². The standard InChI is InChI=1S/C26H20Cl2N2O5S/c1-34-21-4-2-3-17(24(21)35-15-16-5-7-18(27)8-6-16)13-22-25(32)30(26(33)36-22)14-23(31)29-20-11-9-19(28)10-12-20/h2-13H,14-15H2,1H3,(H,29,31)/b22-13+. The van der Waals surface area contributed by atoms with Gasteiger partial charge in [0, 0.05) is 21.3 Å². The van der Waals surface area contributed by atoms with Gasteiger partial charge in [0.05, 0.1) is 12.0 Å². The van der Waals surface area contributed by atoms with Crippen molar-refractivity contribution >= 4 is 63.8 Å². The molecular weight excluding hydrogens is 523 g/mol. The van der Waals surface area contributed by atoms with Crippen LogP contribution in [-0.4, -0.2) is 35.6 Å². The van der Waals surface area contributed by atoms with E-state index in [-0.39, 0.29) is 11.5 Å². The van der Waals surface area contributed by atoms with E-state index in [1.165, 1.54) is 7.11 Å². The highest BCUT2D eigenvalue weighted by molar-refractivity contribution is 8.18. The normalized spacial score (nSPS) is 14.3. The number of carbonyl (C=O) groups is 3. The summed E-state index contributed by atoms with van der Waals surface area (Å²) in [6, 6.07) is 19.0. The van der Waals surface area contributed by atoms with Crippen molar-refractivity contribution in [3.8, 4) is 11.5 Å². The van der Waals surface area contributed by atoms with Gasteiger partial charge in [-0.25, -0.2) is 0 Å². The van der Waals surface area contributed by atoms with Crippen molar-refractivity contribution in [2.24, 2.45) is 0 Å². The molecule has 0 bridgehead atoms. The Hall–Kier alpha value is -3.46. The minimum absolute atomic E-state index is 0.170. The van der Waals surface area contributed by atoms with E-state index < -0.39 is 23.6 Å². The Balaban J connectivity index is 1.50. The molecule has 7 nitrogen and oxygen atoms in total. The minimum Gasteiger partial charge on any atom is -0.493 e. The molecule has 1 aliphatic heterocycles. The summed E-state index contributed by atoms with van der Waals surface area (Å²) >= 11 is 12.6. The Morgan fingerprint density at radius 3 is 2.33 bits per heavy atom. The predicted molar refractivity (Wildman–Crippen MR) is 142 cm³/mol. The van der Waals surface area contributed by atoms with Gasteiger partial charge in [-0.1, -0.05) is 47.5 Å². The van der Waals surface area contributed by atoms with Crippen LogP contribution in [0.5, 0.6) is 11.5 Å². The van der Waals surface area contributed by atoms with Gasteiger partial charge < -0.3 is 14.8 Å². The highest BCUT2D eigenvalue weighted by Gasteiger charge is 2.36. The molecule has 0 unspecified atom stereocenters. The van der Waals surface area contributed by atoms with Crippen LogP contribution in [0.3, 0.4) is 0 Å². The number of anilines is 1. The Morgan fingerprint density at radius 1 is 1.00 bits per heavy atom. The fraction of sp³-hybridized carbons (Fsp3) is 0.115. The topological polar surface area (TPSA) is 84.9 Å². The second-order valence-corrected chi connectivity index (χ2v) is 9.48. The number of nitrogens with zero attached hydrogens (tertiary/aromatic N) is 1. The number of amides is 3. The molecule has 36 heavy (non-hydrogen) atoms. The van der Waals surface area contributed by atoms with Crippen molar-refractivity contribution in [3.63, 3.8) is 0 Å². The number of methoxy groups -OCH3 is 1. The number of thioether (sulfide) groups is 1. The van der Waals surface area contributed by atoms with Gasteiger partial charge in [-0.3, -0.25) is 19.3 Å². The van der Waals surface area contributed by atoms with E-state index in [1.807, 2.05) is 12.1 Å². The third-order valence-corrected chi connectivity index (χ3v) is 6.53. The Labute approximate surface area is 222 Å². The number of halogens is 2. The number of imide groups is 1. The molecule has 184 valence electrons. The zero-order chi connectivity index (χ0) is 25.7. The van der Waals surface area contributed by atoms with Gasteiger partial charge in [0.1, 0.15) is 13.2 Å². The highest BCUT2D eigenvalue weighted by Crippen LogP contribution is 2.37. The second kappa shape index (κ2) is 11.5. The molecule has 1 aliphatic rings. The molecule has 10 heteroatoms. The van der Waals surface area contributed by atoms with E-state index in [0.717, 1.165) is 22.2 Å². The summed E-state index contributed by atoms with van der Waals surface area (Å²) in [4.78, 5) is 39.0. The van der Waals surface area contributed by atoms with Gasteiger partial charge in [0.25, 0.3) is 11.1 Å². The van der Waals surface area contributed by atoms with Crippen molar-refractivity contribution in [3.05, 3.63) is 92.8 Å². The van der Waals surface area contributed by atoms with Crippen LogP contribution in [0.25, 0.3) is 6.08 Å². The van der Waals surface area contributed by atoms with E-state index in [0.29, 0.717) is 32.8 Å². The fourth-order valence-corrected chi connectivity index (χ4v) is 4.43. The Bertz CT molecular complexity index is 1330. The van der Waals surface area contributed by atoms with Crippen molar-refractivity contribution < 1.29 is 23.9 Å². The Morgan fingerprint density at radius 2 is 1.67 bits per heavy atom. The maximum absolute atomic E-state index is 13.0. The summed E-state index contributed by atoms with van der Waals surface area (Å²) in [7, 11) is 1.52. The van der Waals surface area contributed by atoms with E-state index >= 15 is 0 Å². The number of para-hydroxylation sites is 1. The number of ether oxygens (including phenoxy) is 2. The lowest BCUT2D eigenvalue weighted by Crippen LogP contribution is -2.36. The number of benzene rings is 3.